The van der Waals surface area contributed by atoms with Crippen LogP contribution in [0.15, 0.2) is 41.6 Å². The third-order valence-electron chi connectivity index (χ3n) is 3.64. The van der Waals surface area contributed by atoms with Crippen LogP contribution in [0.4, 0.5) is 20.2 Å². The number of hydrogen-bond acceptors (Lipinski definition) is 6. The molecule has 0 amide bonds. The van der Waals surface area contributed by atoms with E-state index in [-0.39, 0.29) is 6.61 Å². The fourth-order valence-corrected chi connectivity index (χ4v) is 2.81. The van der Waals surface area contributed by atoms with Gasteiger partial charge in [0.05, 0.1) is 23.4 Å². The van der Waals surface area contributed by atoms with Gasteiger partial charge < -0.3 is 10.1 Å². The first kappa shape index (κ1) is 19.8. The van der Waals surface area contributed by atoms with Crippen molar-refractivity contribution < 1.29 is 26.7 Å². The molecule has 0 fully saturated rings. The van der Waals surface area contributed by atoms with Crippen molar-refractivity contribution >= 4 is 27.2 Å². The number of carbonyl (C=O) groups is 1. The lowest BCUT2D eigenvalue weighted by Crippen LogP contribution is -2.37. The van der Waals surface area contributed by atoms with Crippen molar-refractivity contribution in [3.8, 4) is 0 Å². The highest BCUT2D eigenvalue weighted by Crippen LogP contribution is 2.24. The number of sulfone groups is 1. The molecule has 142 valence electrons. The summed E-state index contributed by atoms with van der Waals surface area (Å²) in [5.41, 5.74) is 0.00375. The molecule has 0 aliphatic heterocycles. The Hall–Kier alpha value is -2.49. The molecule has 0 saturated heterocycles. The first-order valence-corrected chi connectivity index (χ1v) is 9.25. The van der Waals surface area contributed by atoms with E-state index in [4.69, 9.17) is 4.74 Å². The fraction of sp³-hybridized carbons (Fsp3) is 0.375. The summed E-state index contributed by atoms with van der Waals surface area (Å²) in [7, 11) is -4.63. The molecule has 0 aliphatic carbocycles. The number of alkyl halides is 2. The van der Waals surface area contributed by atoms with Crippen molar-refractivity contribution in [3.05, 3.63) is 36.7 Å². The Morgan fingerprint density at radius 3 is 2.42 bits per heavy atom. The molecule has 0 bridgehead atoms. The zero-order valence-corrected chi connectivity index (χ0v) is 15.3. The summed E-state index contributed by atoms with van der Waals surface area (Å²) >= 11 is 0. The van der Waals surface area contributed by atoms with E-state index in [2.05, 4.69) is 10.4 Å². The second-order valence-corrected chi connectivity index (χ2v) is 7.83. The number of aromatic nitrogens is 2. The molecule has 10 heteroatoms. The molecule has 2 aromatic rings. The van der Waals surface area contributed by atoms with Gasteiger partial charge >= 0.3 is 11.7 Å². The summed E-state index contributed by atoms with van der Waals surface area (Å²) in [4.78, 5) is 11.5. The number of nitrogens with zero attached hydrogens (tertiary/aromatic N) is 2. The average molecular weight is 387 g/mol. The molecule has 7 nitrogen and oxygen atoms in total. The Kier molecular flexibility index (Phi) is 5.65. The number of ether oxygens (including phenoxy) is 1. The molecule has 1 N–H and O–H groups in total. The zero-order valence-electron chi connectivity index (χ0n) is 14.4. The number of anilines is 2. The van der Waals surface area contributed by atoms with E-state index in [0.717, 1.165) is 12.1 Å². The summed E-state index contributed by atoms with van der Waals surface area (Å²) in [5.74, 6) is -3.90. The van der Waals surface area contributed by atoms with E-state index in [9.17, 15) is 22.0 Å². The van der Waals surface area contributed by atoms with Crippen LogP contribution in [0.25, 0.3) is 0 Å². The van der Waals surface area contributed by atoms with Crippen molar-refractivity contribution in [2.24, 2.45) is 0 Å². The molecular weight excluding hydrogens is 368 g/mol. The van der Waals surface area contributed by atoms with Gasteiger partial charge in [0.15, 0.2) is 5.54 Å². The van der Waals surface area contributed by atoms with Crippen LogP contribution in [0.2, 0.25) is 0 Å². The normalized spacial score (nSPS) is 12.2. The fourth-order valence-electron chi connectivity index (χ4n) is 2.09. The maximum atomic E-state index is 12.5. The quantitative estimate of drug-likeness (QED) is 0.735. The van der Waals surface area contributed by atoms with Gasteiger partial charge in [-0.25, -0.2) is 13.2 Å². The van der Waals surface area contributed by atoms with E-state index in [1.54, 1.807) is 27.0 Å². The number of benzene rings is 1. The van der Waals surface area contributed by atoms with Crippen LogP contribution in [0.3, 0.4) is 0 Å². The third kappa shape index (κ3) is 4.01. The molecule has 1 aromatic heterocycles. The van der Waals surface area contributed by atoms with Gasteiger partial charge in [-0.3, -0.25) is 4.68 Å². The van der Waals surface area contributed by atoms with E-state index < -0.39 is 32.0 Å². The molecular formula is C16H19F2N3O4S. The number of rotatable bonds is 7. The van der Waals surface area contributed by atoms with Crippen molar-refractivity contribution in [1.82, 2.24) is 9.78 Å². The van der Waals surface area contributed by atoms with Gasteiger partial charge in [-0.15, -0.1) is 0 Å². The van der Waals surface area contributed by atoms with Crippen LogP contribution in [0.5, 0.6) is 0 Å². The van der Waals surface area contributed by atoms with Crippen molar-refractivity contribution in [3.63, 3.8) is 0 Å². The third-order valence-corrected chi connectivity index (χ3v) is 5.03. The van der Waals surface area contributed by atoms with Gasteiger partial charge in [0.25, 0.3) is 0 Å². The number of hydrogen-bond donors (Lipinski definition) is 1. The number of esters is 1. The SMILES string of the molecule is CCOC(=O)C(C)(C)n1cc(Nc2ccc(S(=O)(=O)C(F)F)cc2)cn1. The average Bonchev–Trinajstić information content (AvgIpc) is 3.04. The number of carbonyl (C=O) groups excluding carboxylic acids is 1. The van der Waals surface area contributed by atoms with Crippen molar-refractivity contribution in [1.29, 1.82) is 0 Å². The molecule has 2 rings (SSSR count). The topological polar surface area (TPSA) is 90.3 Å². The molecule has 0 radical (unpaired) electrons. The monoisotopic (exact) mass is 387 g/mol. The summed E-state index contributed by atoms with van der Waals surface area (Å²) in [6.07, 6.45) is 3.06. The van der Waals surface area contributed by atoms with Gasteiger partial charge in [-0.05, 0) is 45.0 Å². The Morgan fingerprint density at radius 1 is 1.27 bits per heavy atom. The highest BCUT2D eigenvalue weighted by Gasteiger charge is 2.32. The van der Waals surface area contributed by atoms with Crippen LogP contribution < -0.4 is 5.32 Å². The van der Waals surface area contributed by atoms with E-state index >= 15 is 0 Å². The lowest BCUT2D eigenvalue weighted by atomic mass is 10.1. The first-order valence-electron chi connectivity index (χ1n) is 7.70. The first-order chi connectivity index (χ1) is 12.1. The molecule has 0 atom stereocenters. The van der Waals surface area contributed by atoms with E-state index in [1.165, 1.54) is 23.0 Å². The van der Waals surface area contributed by atoms with Gasteiger partial charge in [-0.2, -0.15) is 13.9 Å². The Labute approximate surface area is 149 Å². The van der Waals surface area contributed by atoms with E-state index in [0.29, 0.717) is 11.4 Å². The summed E-state index contributed by atoms with van der Waals surface area (Å²) < 4.78 is 54.3. The Bertz CT molecular complexity index is 877. The molecule has 0 unspecified atom stereocenters. The number of nitrogens with one attached hydrogen (secondary N) is 1. The summed E-state index contributed by atoms with van der Waals surface area (Å²) in [6.45, 7) is 5.28. The summed E-state index contributed by atoms with van der Waals surface area (Å²) in [6, 6.07) is 4.92. The van der Waals surface area contributed by atoms with Crippen LogP contribution >= 0.6 is 0 Å². The van der Waals surface area contributed by atoms with Gasteiger partial charge in [0.1, 0.15) is 0 Å². The smallest absolute Gasteiger partial charge is 0.341 e. The van der Waals surface area contributed by atoms with Gasteiger partial charge in [0.2, 0.25) is 9.84 Å². The van der Waals surface area contributed by atoms with Crippen LogP contribution in [0, 0.1) is 0 Å². The molecule has 1 heterocycles. The minimum atomic E-state index is -4.63. The zero-order chi connectivity index (χ0) is 19.5. The van der Waals surface area contributed by atoms with Crippen molar-refractivity contribution in [2.75, 3.05) is 11.9 Å². The highest BCUT2D eigenvalue weighted by atomic mass is 32.2. The summed E-state index contributed by atoms with van der Waals surface area (Å²) in [5, 5.41) is 7.08. The van der Waals surface area contributed by atoms with Crippen LogP contribution in [0.1, 0.15) is 20.8 Å². The lowest BCUT2D eigenvalue weighted by Gasteiger charge is -2.22. The lowest BCUT2D eigenvalue weighted by molar-refractivity contribution is -0.152. The van der Waals surface area contributed by atoms with Crippen molar-refractivity contribution in [2.45, 2.75) is 37.0 Å². The minimum Gasteiger partial charge on any atom is -0.464 e. The molecule has 0 saturated carbocycles. The van der Waals surface area contributed by atoms with Crippen LogP contribution in [-0.4, -0.2) is 36.5 Å². The Morgan fingerprint density at radius 2 is 1.88 bits per heavy atom. The maximum absolute atomic E-state index is 12.5. The molecule has 26 heavy (non-hydrogen) atoms. The highest BCUT2D eigenvalue weighted by molar-refractivity contribution is 7.91. The van der Waals surface area contributed by atoms with Crippen LogP contribution in [-0.2, 0) is 24.9 Å². The second-order valence-electron chi connectivity index (χ2n) is 5.91. The van der Waals surface area contributed by atoms with Gasteiger partial charge in [0, 0.05) is 11.9 Å². The molecule has 1 aromatic carbocycles. The molecule has 0 aliphatic rings. The Balaban J connectivity index is 2.16. The molecule has 0 spiro atoms. The van der Waals surface area contributed by atoms with E-state index in [1.807, 2.05) is 0 Å². The predicted octanol–water partition coefficient (Wildman–Crippen LogP) is 2.92. The maximum Gasteiger partial charge on any atom is 0.341 e. The minimum absolute atomic E-state index is 0.252. The predicted molar refractivity (Wildman–Crippen MR) is 91.1 cm³/mol. The van der Waals surface area contributed by atoms with Gasteiger partial charge in [-0.1, -0.05) is 0 Å². The standard InChI is InChI=1S/C16H19F2N3O4S/c1-4-25-14(22)16(2,3)21-10-12(9-19-21)20-11-5-7-13(8-6-11)26(23,24)15(17)18/h5-10,15,20H,4H2,1-3H3. The number of halogens is 2. The largest absolute Gasteiger partial charge is 0.464 e. The second kappa shape index (κ2) is 7.40.